The van der Waals surface area contributed by atoms with Crippen LogP contribution in [0.4, 0.5) is 0 Å². The van der Waals surface area contributed by atoms with Crippen LogP contribution >= 0.6 is 11.8 Å². The van der Waals surface area contributed by atoms with Crippen molar-refractivity contribution in [1.82, 2.24) is 0 Å². The molecule has 1 saturated heterocycles. The highest BCUT2D eigenvalue weighted by Crippen LogP contribution is 2.43. The Morgan fingerprint density at radius 3 is 1.81 bits per heavy atom. The molecular formula is C27H40O2SSi. The first-order valence-corrected chi connectivity index (χ1v) is 14.8. The van der Waals surface area contributed by atoms with E-state index >= 15 is 0 Å². The lowest BCUT2D eigenvalue weighted by atomic mass is 9.89. The molecule has 0 amide bonds. The third-order valence-electron chi connectivity index (χ3n) is 6.34. The normalized spacial score (nSPS) is 20.5. The molecule has 0 aromatic heterocycles. The van der Waals surface area contributed by atoms with E-state index in [1.807, 2.05) is 11.8 Å². The second-order valence-electron chi connectivity index (χ2n) is 10.9. The molecule has 2 aromatic rings. The van der Waals surface area contributed by atoms with E-state index in [1.54, 1.807) is 0 Å². The summed E-state index contributed by atoms with van der Waals surface area (Å²) in [4.78, 5) is 0. The second kappa shape index (κ2) is 9.82. The first-order valence-electron chi connectivity index (χ1n) is 11.5. The number of hydrogen-bond donors (Lipinski definition) is 0. The maximum absolute atomic E-state index is 7.43. The Bertz CT molecular complexity index is 771. The average Bonchev–Trinajstić information content (AvgIpc) is 3.50. The molecule has 170 valence electrons. The van der Waals surface area contributed by atoms with Crippen molar-refractivity contribution < 1.29 is 9.16 Å². The van der Waals surface area contributed by atoms with E-state index in [1.165, 1.54) is 10.4 Å². The minimum Gasteiger partial charge on any atom is -0.404 e. The van der Waals surface area contributed by atoms with Crippen LogP contribution in [0.25, 0.3) is 0 Å². The summed E-state index contributed by atoms with van der Waals surface area (Å²) in [6.07, 6.45) is 5.06. The summed E-state index contributed by atoms with van der Waals surface area (Å²) in [5, 5.41) is 2.71. The highest BCUT2D eigenvalue weighted by Gasteiger charge is 2.53. The van der Waals surface area contributed by atoms with Gasteiger partial charge >= 0.3 is 0 Å². The standard InChI is InChI=1S/C27H40O2SSi/c1-26(2,3)25-24(28-25)20-21(18-19-30-7)29-31(27(4,5)6,22-14-10-8-11-15-22)23-16-12-9-13-17-23/h8-17,21,24-25H,18-20H2,1-7H3/t21-,24+,25+/m0/s1. The van der Waals surface area contributed by atoms with Crippen molar-refractivity contribution in [3.8, 4) is 0 Å². The van der Waals surface area contributed by atoms with Crippen LogP contribution in [0, 0.1) is 5.41 Å². The number of epoxide rings is 1. The molecule has 3 atom stereocenters. The fraction of sp³-hybridized carbons (Fsp3) is 0.556. The third-order valence-corrected chi connectivity index (χ3v) is 12.1. The van der Waals surface area contributed by atoms with Crippen molar-refractivity contribution in [3.63, 3.8) is 0 Å². The lowest BCUT2D eigenvalue weighted by Crippen LogP contribution is -2.67. The Morgan fingerprint density at radius 2 is 1.42 bits per heavy atom. The van der Waals surface area contributed by atoms with Gasteiger partial charge in [-0.2, -0.15) is 11.8 Å². The van der Waals surface area contributed by atoms with Crippen molar-refractivity contribution in [1.29, 1.82) is 0 Å². The quantitative estimate of drug-likeness (QED) is 0.347. The van der Waals surface area contributed by atoms with Crippen molar-refractivity contribution in [2.45, 2.75) is 77.7 Å². The first-order chi connectivity index (χ1) is 14.6. The van der Waals surface area contributed by atoms with E-state index in [2.05, 4.69) is 108 Å². The number of ether oxygens (including phenoxy) is 1. The Kier molecular flexibility index (Phi) is 7.78. The molecule has 0 spiro atoms. The van der Waals surface area contributed by atoms with Gasteiger partial charge in [-0.05, 0) is 39.3 Å². The monoisotopic (exact) mass is 456 g/mol. The van der Waals surface area contributed by atoms with Gasteiger partial charge in [-0.1, -0.05) is 102 Å². The number of thioether (sulfide) groups is 1. The van der Waals surface area contributed by atoms with Crippen molar-refractivity contribution in [2.75, 3.05) is 12.0 Å². The molecule has 31 heavy (non-hydrogen) atoms. The Labute approximate surface area is 195 Å². The maximum atomic E-state index is 7.43. The van der Waals surface area contributed by atoms with Crippen LogP contribution in [-0.4, -0.2) is 38.6 Å². The van der Waals surface area contributed by atoms with Crippen molar-refractivity contribution in [2.24, 2.45) is 5.41 Å². The van der Waals surface area contributed by atoms with Crippen LogP contribution in [0.2, 0.25) is 5.04 Å². The predicted molar refractivity (Wildman–Crippen MR) is 138 cm³/mol. The van der Waals surface area contributed by atoms with Crippen LogP contribution < -0.4 is 10.4 Å². The highest BCUT2D eigenvalue weighted by atomic mass is 32.2. The second-order valence-corrected chi connectivity index (χ2v) is 16.1. The molecule has 1 aliphatic rings. The number of hydrogen-bond acceptors (Lipinski definition) is 3. The van der Waals surface area contributed by atoms with Gasteiger partial charge in [-0.3, -0.25) is 0 Å². The summed E-state index contributed by atoms with van der Waals surface area (Å²) in [7, 11) is -2.53. The van der Waals surface area contributed by atoms with Crippen LogP contribution in [0.3, 0.4) is 0 Å². The van der Waals surface area contributed by atoms with Gasteiger partial charge in [-0.15, -0.1) is 0 Å². The first kappa shape index (κ1) is 24.6. The molecule has 1 fully saturated rings. The Morgan fingerprint density at radius 1 is 0.903 bits per heavy atom. The van der Waals surface area contributed by atoms with Gasteiger partial charge in [-0.25, -0.2) is 0 Å². The molecule has 4 heteroatoms. The fourth-order valence-electron chi connectivity index (χ4n) is 4.76. The predicted octanol–water partition coefficient (Wildman–Crippen LogP) is 5.89. The van der Waals surface area contributed by atoms with Crippen LogP contribution in [0.15, 0.2) is 60.7 Å². The minimum atomic E-state index is -2.53. The van der Waals surface area contributed by atoms with E-state index in [9.17, 15) is 0 Å². The van der Waals surface area contributed by atoms with Crippen molar-refractivity contribution in [3.05, 3.63) is 60.7 Å². The fourth-order valence-corrected chi connectivity index (χ4v) is 9.99. The number of benzene rings is 2. The van der Waals surface area contributed by atoms with Gasteiger partial charge in [0.15, 0.2) is 0 Å². The topological polar surface area (TPSA) is 21.8 Å². The molecule has 0 N–H and O–H groups in total. The molecule has 0 bridgehead atoms. The lowest BCUT2D eigenvalue weighted by molar-refractivity contribution is 0.161. The van der Waals surface area contributed by atoms with Gasteiger partial charge in [0.2, 0.25) is 0 Å². The maximum Gasteiger partial charge on any atom is 0.261 e. The van der Waals surface area contributed by atoms with E-state index in [0.717, 1.165) is 18.6 Å². The van der Waals surface area contributed by atoms with E-state index < -0.39 is 8.32 Å². The SMILES string of the molecule is CSCC[C@@H](C[C@H]1O[C@H]1C(C)(C)C)O[Si](c1ccccc1)(c1ccccc1)C(C)(C)C. The molecule has 0 radical (unpaired) electrons. The minimum absolute atomic E-state index is 0.00114. The molecule has 1 heterocycles. The van der Waals surface area contributed by atoms with Crippen LogP contribution in [-0.2, 0) is 9.16 Å². The zero-order chi connectivity index (χ0) is 22.7. The number of rotatable bonds is 9. The summed E-state index contributed by atoms with van der Waals surface area (Å²) < 4.78 is 13.6. The Hall–Kier alpha value is -1.07. The van der Waals surface area contributed by atoms with Gasteiger partial charge in [0.1, 0.15) is 0 Å². The zero-order valence-electron chi connectivity index (χ0n) is 20.4. The largest absolute Gasteiger partial charge is 0.404 e. The molecule has 3 rings (SSSR count). The van der Waals surface area contributed by atoms with Crippen LogP contribution in [0.1, 0.15) is 54.4 Å². The Balaban J connectivity index is 2.01. The van der Waals surface area contributed by atoms with Gasteiger partial charge in [0, 0.05) is 12.5 Å². The molecule has 1 aliphatic heterocycles. The highest BCUT2D eigenvalue weighted by molar-refractivity contribution is 7.98. The molecule has 2 aromatic carbocycles. The average molecular weight is 457 g/mol. The smallest absolute Gasteiger partial charge is 0.261 e. The van der Waals surface area contributed by atoms with Crippen molar-refractivity contribution >= 4 is 30.5 Å². The summed E-state index contributed by atoms with van der Waals surface area (Å²) >= 11 is 1.90. The van der Waals surface area contributed by atoms with E-state index in [-0.39, 0.29) is 16.6 Å². The summed E-state index contributed by atoms with van der Waals surface area (Å²) in [5.74, 6) is 1.11. The summed E-state index contributed by atoms with van der Waals surface area (Å²) in [6.45, 7) is 13.9. The molecule has 0 aliphatic carbocycles. The lowest BCUT2D eigenvalue weighted by Gasteiger charge is -2.45. The molecular weight excluding hydrogens is 416 g/mol. The summed E-state index contributed by atoms with van der Waals surface area (Å²) in [6, 6.07) is 22.0. The summed E-state index contributed by atoms with van der Waals surface area (Å²) in [5.41, 5.74) is 0.187. The molecule has 0 unspecified atom stereocenters. The van der Waals surface area contributed by atoms with E-state index in [4.69, 9.17) is 9.16 Å². The van der Waals surface area contributed by atoms with Crippen LogP contribution in [0.5, 0.6) is 0 Å². The van der Waals surface area contributed by atoms with E-state index in [0.29, 0.717) is 12.2 Å². The van der Waals surface area contributed by atoms with Gasteiger partial charge in [0.25, 0.3) is 8.32 Å². The van der Waals surface area contributed by atoms with Gasteiger partial charge < -0.3 is 9.16 Å². The third kappa shape index (κ3) is 5.65. The molecule has 2 nitrogen and oxygen atoms in total. The molecule has 0 saturated carbocycles. The zero-order valence-corrected chi connectivity index (χ0v) is 22.2. The van der Waals surface area contributed by atoms with Gasteiger partial charge in [0.05, 0.1) is 12.2 Å².